The van der Waals surface area contributed by atoms with Gasteiger partial charge in [0, 0.05) is 50.0 Å². The van der Waals surface area contributed by atoms with Gasteiger partial charge in [0.25, 0.3) is 0 Å². The molecule has 3 rings (SSSR count). The fourth-order valence-electron chi connectivity index (χ4n) is 3.96. The van der Waals surface area contributed by atoms with Crippen molar-refractivity contribution in [3.63, 3.8) is 0 Å². The van der Waals surface area contributed by atoms with Crippen LogP contribution in [0.4, 0.5) is 4.39 Å². The Morgan fingerprint density at radius 1 is 1.04 bits per heavy atom. The van der Waals surface area contributed by atoms with E-state index in [0.717, 1.165) is 64.2 Å². The van der Waals surface area contributed by atoms with Crippen molar-refractivity contribution in [1.82, 2.24) is 15.1 Å². The minimum atomic E-state index is -0.188. The van der Waals surface area contributed by atoms with Crippen molar-refractivity contribution >= 4 is 0 Å². The third-order valence-electron chi connectivity index (χ3n) is 5.24. The van der Waals surface area contributed by atoms with Gasteiger partial charge in [-0.25, -0.2) is 4.39 Å². The molecule has 166 valence electrons. The Morgan fingerprint density at radius 2 is 1.61 bits per heavy atom. The first-order chi connectivity index (χ1) is 13.5. The van der Waals surface area contributed by atoms with Gasteiger partial charge in [-0.2, -0.15) is 0 Å². The van der Waals surface area contributed by atoms with Gasteiger partial charge in [0.05, 0.1) is 5.70 Å². The Hall–Kier alpha value is -1.11. The zero-order valence-electron chi connectivity index (χ0n) is 19.4. The first-order valence-corrected chi connectivity index (χ1v) is 11.3. The minimum absolute atomic E-state index is 0.150. The molecule has 5 N–H and O–H groups in total. The number of nitrogens with one attached hydrogen (secondary N) is 1. The summed E-state index contributed by atoms with van der Waals surface area (Å²) in [5, 5.41) is 3.38. The van der Waals surface area contributed by atoms with E-state index in [1.54, 1.807) is 0 Å². The summed E-state index contributed by atoms with van der Waals surface area (Å²) in [4.78, 5) is 4.67. The standard InChI is InChI=1S/C16H28FN5.3C2H6/c1-16(19)11-20-5-4-15(16)22-8-6-21(7-9-22)14-3-2-12(18)10-13(14)17;3*1-2/h10,15,20H,2-9,11,18-19H2,1H3;3*1-2H3. The SMILES string of the molecule is CC.CC.CC.CC1(N)CNCCC1N1CCN(C2=C(F)C=C(N)CC2)CC1. The third kappa shape index (κ3) is 7.37. The quantitative estimate of drug-likeness (QED) is 0.662. The minimum Gasteiger partial charge on any atom is -0.402 e. The number of nitrogens with zero attached hydrogens (tertiary/aromatic N) is 2. The van der Waals surface area contributed by atoms with Crippen LogP contribution in [0.3, 0.4) is 0 Å². The number of halogens is 1. The third-order valence-corrected chi connectivity index (χ3v) is 5.24. The maximum absolute atomic E-state index is 14.1. The molecule has 0 aromatic carbocycles. The molecular formula is C22H46FN5. The average Bonchev–Trinajstić information content (AvgIpc) is 2.73. The highest BCUT2D eigenvalue weighted by atomic mass is 19.1. The zero-order valence-corrected chi connectivity index (χ0v) is 19.4. The molecule has 0 aromatic heterocycles. The molecule has 28 heavy (non-hydrogen) atoms. The Balaban J connectivity index is 0.00000111. The summed E-state index contributed by atoms with van der Waals surface area (Å²) < 4.78 is 14.1. The van der Waals surface area contributed by atoms with Crippen molar-refractivity contribution in [3.05, 3.63) is 23.3 Å². The Kier molecular flexibility index (Phi) is 13.4. The molecule has 0 spiro atoms. The van der Waals surface area contributed by atoms with Gasteiger partial charge in [0.1, 0.15) is 5.83 Å². The summed E-state index contributed by atoms with van der Waals surface area (Å²) in [5.74, 6) is -0.150. The zero-order chi connectivity index (χ0) is 21.7. The highest BCUT2D eigenvalue weighted by Gasteiger charge is 2.38. The Bertz CT molecular complexity index is 479. The second-order valence-electron chi connectivity index (χ2n) is 7.02. The summed E-state index contributed by atoms with van der Waals surface area (Å²) in [6.07, 6.45) is 4.05. The van der Waals surface area contributed by atoms with Gasteiger partial charge in [-0.05, 0) is 38.8 Å². The van der Waals surface area contributed by atoms with Crippen LogP contribution < -0.4 is 16.8 Å². The van der Waals surface area contributed by atoms with E-state index in [4.69, 9.17) is 11.5 Å². The molecule has 0 amide bonds. The summed E-state index contributed by atoms with van der Waals surface area (Å²) >= 11 is 0. The maximum atomic E-state index is 14.1. The molecule has 0 aromatic rings. The molecule has 5 nitrogen and oxygen atoms in total. The van der Waals surface area contributed by atoms with E-state index in [1.165, 1.54) is 6.08 Å². The van der Waals surface area contributed by atoms with Crippen LogP contribution in [0, 0.1) is 0 Å². The van der Waals surface area contributed by atoms with Crippen LogP contribution in [0.1, 0.15) is 67.7 Å². The van der Waals surface area contributed by atoms with E-state index in [9.17, 15) is 4.39 Å². The van der Waals surface area contributed by atoms with Crippen molar-refractivity contribution in [2.24, 2.45) is 11.5 Å². The molecule has 0 radical (unpaired) electrons. The largest absolute Gasteiger partial charge is 0.402 e. The Labute approximate surface area is 173 Å². The lowest BCUT2D eigenvalue weighted by atomic mass is 9.86. The molecule has 0 bridgehead atoms. The molecule has 2 fully saturated rings. The van der Waals surface area contributed by atoms with Crippen LogP contribution in [0.25, 0.3) is 0 Å². The molecule has 2 aliphatic heterocycles. The highest BCUT2D eigenvalue weighted by molar-refractivity contribution is 5.27. The van der Waals surface area contributed by atoms with Crippen molar-refractivity contribution in [3.8, 4) is 0 Å². The molecule has 3 aliphatic rings. The lowest BCUT2D eigenvalue weighted by Crippen LogP contribution is -2.67. The number of hydrogen-bond acceptors (Lipinski definition) is 5. The van der Waals surface area contributed by atoms with Gasteiger partial charge in [-0.15, -0.1) is 0 Å². The number of rotatable bonds is 2. The maximum Gasteiger partial charge on any atom is 0.143 e. The number of piperidine rings is 1. The number of piperazine rings is 1. The van der Waals surface area contributed by atoms with E-state index < -0.39 is 0 Å². The lowest BCUT2D eigenvalue weighted by Gasteiger charge is -2.48. The lowest BCUT2D eigenvalue weighted by molar-refractivity contribution is 0.0562. The van der Waals surface area contributed by atoms with Gasteiger partial charge in [0.2, 0.25) is 0 Å². The van der Waals surface area contributed by atoms with Crippen LogP contribution >= 0.6 is 0 Å². The van der Waals surface area contributed by atoms with Crippen molar-refractivity contribution < 1.29 is 4.39 Å². The monoisotopic (exact) mass is 399 g/mol. The first-order valence-electron chi connectivity index (χ1n) is 11.3. The fourth-order valence-corrected chi connectivity index (χ4v) is 3.96. The predicted octanol–water partition coefficient (Wildman–Crippen LogP) is 3.58. The molecular weight excluding hydrogens is 353 g/mol. The van der Waals surface area contributed by atoms with E-state index >= 15 is 0 Å². The van der Waals surface area contributed by atoms with E-state index in [-0.39, 0.29) is 11.4 Å². The normalized spacial score (nSPS) is 28.0. The first kappa shape index (κ1) is 26.9. The van der Waals surface area contributed by atoms with E-state index in [0.29, 0.717) is 11.7 Å². The predicted molar refractivity (Wildman–Crippen MR) is 121 cm³/mol. The highest BCUT2D eigenvalue weighted by Crippen LogP contribution is 2.28. The summed E-state index contributed by atoms with van der Waals surface area (Å²) in [5.41, 5.74) is 13.5. The van der Waals surface area contributed by atoms with Crippen LogP contribution in [0.2, 0.25) is 0 Å². The van der Waals surface area contributed by atoms with Gasteiger partial charge in [-0.1, -0.05) is 41.5 Å². The molecule has 2 heterocycles. The van der Waals surface area contributed by atoms with Crippen LogP contribution in [-0.2, 0) is 0 Å². The average molecular weight is 400 g/mol. The van der Waals surface area contributed by atoms with Gasteiger partial charge in [0.15, 0.2) is 0 Å². The van der Waals surface area contributed by atoms with E-state index in [2.05, 4.69) is 22.0 Å². The van der Waals surface area contributed by atoms with Crippen molar-refractivity contribution in [2.75, 3.05) is 39.3 Å². The number of hydrogen-bond donors (Lipinski definition) is 3. The molecule has 2 atom stereocenters. The van der Waals surface area contributed by atoms with Crippen LogP contribution in [0.15, 0.2) is 23.3 Å². The van der Waals surface area contributed by atoms with Gasteiger partial charge in [-0.3, -0.25) is 4.90 Å². The Morgan fingerprint density at radius 3 is 2.11 bits per heavy atom. The number of nitrogens with two attached hydrogens (primary N) is 2. The second-order valence-corrected chi connectivity index (χ2v) is 7.02. The molecule has 6 heteroatoms. The van der Waals surface area contributed by atoms with Crippen LogP contribution in [-0.4, -0.2) is 60.6 Å². The molecule has 2 unspecified atom stereocenters. The molecule has 2 saturated heterocycles. The van der Waals surface area contributed by atoms with Crippen LogP contribution in [0.5, 0.6) is 0 Å². The molecule has 1 aliphatic carbocycles. The smallest absolute Gasteiger partial charge is 0.143 e. The number of allylic oxidation sites excluding steroid dienone is 4. The topological polar surface area (TPSA) is 70.5 Å². The summed E-state index contributed by atoms with van der Waals surface area (Å²) in [6.45, 7) is 19.7. The summed E-state index contributed by atoms with van der Waals surface area (Å²) in [7, 11) is 0. The van der Waals surface area contributed by atoms with Gasteiger partial charge >= 0.3 is 0 Å². The van der Waals surface area contributed by atoms with Crippen molar-refractivity contribution in [1.29, 1.82) is 0 Å². The van der Waals surface area contributed by atoms with Gasteiger partial charge < -0.3 is 21.7 Å². The molecule has 0 saturated carbocycles. The second kappa shape index (κ2) is 14.0. The van der Waals surface area contributed by atoms with E-state index in [1.807, 2.05) is 41.5 Å². The fraction of sp³-hybridized carbons (Fsp3) is 0.818. The van der Waals surface area contributed by atoms with Crippen molar-refractivity contribution in [2.45, 2.75) is 79.3 Å². The summed E-state index contributed by atoms with van der Waals surface area (Å²) in [6, 6.07) is 0.414.